The SMILES string of the molecule is O=c1ccc2cc(S(=O)(=O)N3CCCC3c3ccc(F)cc3)ccc2o1. The van der Waals surface area contributed by atoms with Crippen molar-refractivity contribution in [3.8, 4) is 0 Å². The molecule has 2 aromatic carbocycles. The lowest BCUT2D eigenvalue weighted by Gasteiger charge is -2.24. The van der Waals surface area contributed by atoms with Crippen LogP contribution in [0.25, 0.3) is 11.0 Å². The first-order valence-corrected chi connectivity index (χ1v) is 9.70. The van der Waals surface area contributed by atoms with Crippen LogP contribution in [0.2, 0.25) is 0 Å². The molecule has 2 heterocycles. The van der Waals surface area contributed by atoms with Gasteiger partial charge in [-0.3, -0.25) is 0 Å². The van der Waals surface area contributed by atoms with Gasteiger partial charge in [0.1, 0.15) is 11.4 Å². The average Bonchev–Trinajstić information content (AvgIpc) is 3.12. The Labute approximate surface area is 149 Å². The zero-order valence-corrected chi connectivity index (χ0v) is 14.6. The molecule has 0 aliphatic carbocycles. The van der Waals surface area contributed by atoms with Crippen LogP contribution in [0.5, 0.6) is 0 Å². The van der Waals surface area contributed by atoms with Crippen LogP contribution in [-0.4, -0.2) is 19.3 Å². The molecule has 134 valence electrons. The molecular weight excluding hydrogens is 357 g/mol. The summed E-state index contributed by atoms with van der Waals surface area (Å²) < 4.78 is 46.0. The smallest absolute Gasteiger partial charge is 0.336 e. The van der Waals surface area contributed by atoms with Crippen molar-refractivity contribution in [1.82, 2.24) is 4.31 Å². The first-order valence-electron chi connectivity index (χ1n) is 8.26. The van der Waals surface area contributed by atoms with Crippen LogP contribution >= 0.6 is 0 Å². The Morgan fingerprint density at radius 2 is 1.81 bits per heavy atom. The molecule has 1 atom stereocenters. The quantitative estimate of drug-likeness (QED) is 0.660. The summed E-state index contributed by atoms with van der Waals surface area (Å²) in [5.41, 5.74) is 0.635. The Morgan fingerprint density at radius 1 is 1.04 bits per heavy atom. The molecule has 5 nitrogen and oxygen atoms in total. The molecular formula is C19H16FNO4S. The van der Waals surface area contributed by atoms with Crippen molar-refractivity contribution < 1.29 is 17.2 Å². The summed E-state index contributed by atoms with van der Waals surface area (Å²) in [6.45, 7) is 0.409. The molecule has 1 fully saturated rings. The second kappa shape index (κ2) is 6.34. The monoisotopic (exact) mass is 373 g/mol. The van der Waals surface area contributed by atoms with Gasteiger partial charge >= 0.3 is 5.63 Å². The van der Waals surface area contributed by atoms with Gasteiger partial charge in [-0.05, 0) is 54.8 Å². The number of hydrogen-bond donors (Lipinski definition) is 0. The van der Waals surface area contributed by atoms with E-state index in [4.69, 9.17) is 4.42 Å². The Bertz CT molecular complexity index is 1120. The molecule has 1 aromatic heterocycles. The number of sulfonamides is 1. The summed E-state index contributed by atoms with van der Waals surface area (Å²) in [5, 5.41) is 0.545. The molecule has 1 aliphatic rings. The van der Waals surface area contributed by atoms with Crippen LogP contribution < -0.4 is 5.63 Å². The summed E-state index contributed by atoms with van der Waals surface area (Å²) in [4.78, 5) is 11.4. The maximum absolute atomic E-state index is 13.2. The fourth-order valence-corrected chi connectivity index (χ4v) is 5.11. The van der Waals surface area contributed by atoms with Crippen LogP contribution in [-0.2, 0) is 10.0 Å². The molecule has 0 N–H and O–H groups in total. The Kier molecular flexibility index (Phi) is 4.13. The van der Waals surface area contributed by atoms with Crippen LogP contribution in [0, 0.1) is 5.82 Å². The van der Waals surface area contributed by atoms with E-state index in [-0.39, 0.29) is 16.8 Å². The van der Waals surface area contributed by atoms with Crippen molar-refractivity contribution in [3.05, 3.63) is 76.4 Å². The van der Waals surface area contributed by atoms with Gasteiger partial charge in [-0.15, -0.1) is 0 Å². The second-order valence-electron chi connectivity index (χ2n) is 6.28. The molecule has 0 saturated carbocycles. The lowest BCUT2D eigenvalue weighted by atomic mass is 10.1. The zero-order chi connectivity index (χ0) is 18.3. The van der Waals surface area contributed by atoms with E-state index in [0.29, 0.717) is 23.9 Å². The van der Waals surface area contributed by atoms with Crippen molar-refractivity contribution >= 4 is 21.0 Å². The minimum atomic E-state index is -3.73. The maximum Gasteiger partial charge on any atom is 0.336 e. The lowest BCUT2D eigenvalue weighted by Crippen LogP contribution is -2.30. The van der Waals surface area contributed by atoms with Crippen LogP contribution in [0.1, 0.15) is 24.4 Å². The molecule has 0 amide bonds. The highest BCUT2D eigenvalue weighted by Gasteiger charge is 2.36. The minimum Gasteiger partial charge on any atom is -0.423 e. The van der Waals surface area contributed by atoms with Crippen molar-refractivity contribution in [2.75, 3.05) is 6.54 Å². The Hall–Kier alpha value is -2.51. The van der Waals surface area contributed by atoms with Gasteiger partial charge in [0.15, 0.2) is 0 Å². The molecule has 1 saturated heterocycles. The summed E-state index contributed by atoms with van der Waals surface area (Å²) in [5.74, 6) is -0.350. The van der Waals surface area contributed by atoms with Crippen LogP contribution in [0.15, 0.2) is 68.7 Å². The van der Waals surface area contributed by atoms with E-state index in [1.165, 1.54) is 40.7 Å². The Balaban J connectivity index is 1.74. The standard InChI is InChI=1S/C19H16FNO4S/c20-15-6-3-13(4-7-15)17-2-1-11-21(17)26(23,24)16-8-9-18-14(12-16)5-10-19(22)25-18/h3-10,12,17H,1-2,11H2. The first kappa shape index (κ1) is 16.9. The zero-order valence-electron chi connectivity index (χ0n) is 13.8. The fraction of sp³-hybridized carbons (Fsp3) is 0.211. The fourth-order valence-electron chi connectivity index (χ4n) is 3.39. The van der Waals surface area contributed by atoms with Gasteiger partial charge < -0.3 is 4.42 Å². The van der Waals surface area contributed by atoms with Crippen LogP contribution in [0.4, 0.5) is 4.39 Å². The second-order valence-corrected chi connectivity index (χ2v) is 8.17. The number of fused-ring (bicyclic) bond motifs is 1. The average molecular weight is 373 g/mol. The number of nitrogens with zero attached hydrogens (tertiary/aromatic N) is 1. The van der Waals surface area contributed by atoms with Gasteiger partial charge in [0.25, 0.3) is 0 Å². The molecule has 26 heavy (non-hydrogen) atoms. The van der Waals surface area contributed by atoms with E-state index in [2.05, 4.69) is 0 Å². The predicted octanol–water partition coefficient (Wildman–Crippen LogP) is 3.46. The predicted molar refractivity (Wildman–Crippen MR) is 94.8 cm³/mol. The van der Waals surface area contributed by atoms with Gasteiger partial charge in [0, 0.05) is 18.0 Å². The van der Waals surface area contributed by atoms with Crippen molar-refractivity contribution in [2.45, 2.75) is 23.8 Å². The van der Waals surface area contributed by atoms with Gasteiger partial charge in [-0.1, -0.05) is 12.1 Å². The highest BCUT2D eigenvalue weighted by atomic mass is 32.2. The highest BCUT2D eigenvalue weighted by molar-refractivity contribution is 7.89. The number of benzene rings is 2. The summed E-state index contributed by atoms with van der Waals surface area (Å²) in [6.07, 6.45) is 1.43. The number of halogens is 1. The molecule has 3 aromatic rings. The topological polar surface area (TPSA) is 67.6 Å². The molecule has 1 unspecified atom stereocenters. The van der Waals surface area contributed by atoms with Gasteiger partial charge in [-0.25, -0.2) is 17.6 Å². The summed E-state index contributed by atoms with van der Waals surface area (Å²) >= 11 is 0. The third kappa shape index (κ3) is 2.93. The molecule has 4 rings (SSSR count). The van der Waals surface area contributed by atoms with E-state index < -0.39 is 15.6 Å². The van der Waals surface area contributed by atoms with Crippen LogP contribution in [0.3, 0.4) is 0 Å². The van der Waals surface area contributed by atoms with E-state index in [1.807, 2.05) is 0 Å². The molecule has 0 radical (unpaired) electrons. The van der Waals surface area contributed by atoms with E-state index in [0.717, 1.165) is 12.0 Å². The van der Waals surface area contributed by atoms with Crippen molar-refractivity contribution in [3.63, 3.8) is 0 Å². The highest BCUT2D eigenvalue weighted by Crippen LogP contribution is 2.37. The van der Waals surface area contributed by atoms with Gasteiger partial charge in [-0.2, -0.15) is 4.31 Å². The van der Waals surface area contributed by atoms with E-state index >= 15 is 0 Å². The van der Waals surface area contributed by atoms with Gasteiger partial charge in [0.05, 0.1) is 10.9 Å². The number of hydrogen-bond acceptors (Lipinski definition) is 4. The first-order chi connectivity index (χ1) is 12.4. The summed E-state index contributed by atoms with van der Waals surface area (Å²) in [6, 6.07) is 12.9. The summed E-state index contributed by atoms with van der Waals surface area (Å²) in [7, 11) is -3.73. The maximum atomic E-state index is 13.2. The number of rotatable bonds is 3. The lowest BCUT2D eigenvalue weighted by molar-refractivity contribution is 0.396. The van der Waals surface area contributed by atoms with E-state index in [9.17, 15) is 17.6 Å². The molecule has 7 heteroatoms. The third-order valence-corrected chi connectivity index (χ3v) is 6.56. The van der Waals surface area contributed by atoms with Gasteiger partial charge in [0.2, 0.25) is 10.0 Å². The Morgan fingerprint density at radius 3 is 2.58 bits per heavy atom. The normalized spacial score (nSPS) is 18.4. The minimum absolute atomic E-state index is 0.146. The molecule has 0 spiro atoms. The molecule has 1 aliphatic heterocycles. The van der Waals surface area contributed by atoms with Crippen molar-refractivity contribution in [2.24, 2.45) is 0 Å². The van der Waals surface area contributed by atoms with Crippen molar-refractivity contribution in [1.29, 1.82) is 0 Å². The largest absolute Gasteiger partial charge is 0.423 e. The van der Waals surface area contributed by atoms with E-state index in [1.54, 1.807) is 18.2 Å². The third-order valence-electron chi connectivity index (χ3n) is 4.66. The molecule has 0 bridgehead atoms.